The monoisotopic (exact) mass is 243 g/mol. The molecule has 16 heavy (non-hydrogen) atoms. The van der Waals surface area contributed by atoms with Crippen molar-refractivity contribution in [1.82, 2.24) is 4.90 Å². The number of piperidine rings is 1. The molecule has 0 aromatic rings. The summed E-state index contributed by atoms with van der Waals surface area (Å²) in [6.45, 7) is 1.42. The van der Waals surface area contributed by atoms with Crippen LogP contribution in [-0.4, -0.2) is 23.5 Å². The summed E-state index contributed by atoms with van der Waals surface area (Å²) in [6.07, 6.45) is 15.1. The highest BCUT2D eigenvalue weighted by atomic mass is 35.5. The molecule has 0 aromatic carbocycles. The number of halogens is 1. The van der Waals surface area contributed by atoms with Crippen molar-refractivity contribution in [2.75, 3.05) is 6.54 Å². The van der Waals surface area contributed by atoms with Crippen molar-refractivity contribution in [2.24, 2.45) is 5.92 Å². The SMILES string of the molecule is C1CCC(C2CCC3CCCCN32)CC1.Cl. The second-order valence-electron chi connectivity index (χ2n) is 5.93. The first-order valence-electron chi connectivity index (χ1n) is 7.21. The number of rotatable bonds is 1. The van der Waals surface area contributed by atoms with E-state index in [1.807, 2.05) is 0 Å². The Morgan fingerprint density at radius 3 is 2.25 bits per heavy atom. The zero-order valence-electron chi connectivity index (χ0n) is 10.4. The Balaban J connectivity index is 0.000000963. The third-order valence-electron chi connectivity index (χ3n) is 5.09. The van der Waals surface area contributed by atoms with Crippen LogP contribution >= 0.6 is 12.4 Å². The Kier molecular flexibility index (Phi) is 4.55. The molecule has 1 nitrogen and oxygen atoms in total. The van der Waals surface area contributed by atoms with Crippen LogP contribution in [0.25, 0.3) is 0 Å². The van der Waals surface area contributed by atoms with E-state index in [0.29, 0.717) is 0 Å². The van der Waals surface area contributed by atoms with E-state index in [4.69, 9.17) is 0 Å². The Morgan fingerprint density at radius 1 is 0.688 bits per heavy atom. The molecule has 0 bridgehead atoms. The van der Waals surface area contributed by atoms with Crippen LogP contribution in [0.4, 0.5) is 0 Å². The predicted octanol–water partition coefficient (Wildman–Crippen LogP) is 4.01. The molecule has 0 amide bonds. The van der Waals surface area contributed by atoms with Crippen molar-refractivity contribution in [2.45, 2.75) is 76.3 Å². The van der Waals surface area contributed by atoms with Gasteiger partial charge in [-0.25, -0.2) is 0 Å². The molecule has 0 radical (unpaired) electrons. The van der Waals surface area contributed by atoms with E-state index in [2.05, 4.69) is 4.90 Å². The Labute approximate surface area is 106 Å². The molecule has 2 heteroatoms. The highest BCUT2D eigenvalue weighted by molar-refractivity contribution is 5.85. The average Bonchev–Trinajstić information content (AvgIpc) is 2.74. The molecule has 1 aliphatic carbocycles. The molecule has 3 aliphatic rings. The molecular weight excluding hydrogens is 218 g/mol. The zero-order chi connectivity index (χ0) is 10.1. The summed E-state index contributed by atoms with van der Waals surface area (Å²) in [4.78, 5) is 2.90. The average molecular weight is 244 g/mol. The maximum absolute atomic E-state index is 2.90. The Hall–Kier alpha value is 0.250. The van der Waals surface area contributed by atoms with Crippen molar-refractivity contribution in [3.05, 3.63) is 0 Å². The molecule has 2 aliphatic heterocycles. The maximum Gasteiger partial charge on any atom is 0.0127 e. The first kappa shape index (κ1) is 12.7. The van der Waals surface area contributed by atoms with E-state index in [1.165, 1.54) is 70.8 Å². The van der Waals surface area contributed by atoms with E-state index >= 15 is 0 Å². The molecule has 2 unspecified atom stereocenters. The van der Waals surface area contributed by atoms with E-state index < -0.39 is 0 Å². The zero-order valence-corrected chi connectivity index (χ0v) is 11.2. The summed E-state index contributed by atoms with van der Waals surface area (Å²) in [7, 11) is 0. The van der Waals surface area contributed by atoms with Gasteiger partial charge in [0.25, 0.3) is 0 Å². The molecule has 3 rings (SSSR count). The third kappa shape index (κ3) is 2.41. The normalized spacial score (nSPS) is 36.8. The molecule has 94 valence electrons. The van der Waals surface area contributed by atoms with Crippen LogP contribution in [0.15, 0.2) is 0 Å². The van der Waals surface area contributed by atoms with E-state index in [0.717, 1.165) is 18.0 Å². The van der Waals surface area contributed by atoms with Crippen LogP contribution in [0.5, 0.6) is 0 Å². The van der Waals surface area contributed by atoms with Gasteiger partial charge >= 0.3 is 0 Å². The predicted molar refractivity (Wildman–Crippen MR) is 71.2 cm³/mol. The minimum Gasteiger partial charge on any atom is -0.297 e. The standard InChI is InChI=1S/C14H25N.ClH/c1-2-6-12(7-3-1)14-10-9-13-8-4-5-11-15(13)14;/h12-14H,1-11H2;1H. The minimum absolute atomic E-state index is 0. The fraction of sp³-hybridized carbons (Fsp3) is 1.00. The molecule has 1 saturated carbocycles. The fourth-order valence-electron chi connectivity index (χ4n) is 4.32. The molecule has 0 spiro atoms. The lowest BCUT2D eigenvalue weighted by Crippen LogP contribution is -2.43. The Morgan fingerprint density at radius 2 is 1.44 bits per heavy atom. The summed E-state index contributed by atoms with van der Waals surface area (Å²) in [5, 5.41) is 0. The largest absolute Gasteiger partial charge is 0.297 e. The lowest BCUT2D eigenvalue weighted by Gasteiger charge is -2.39. The van der Waals surface area contributed by atoms with Crippen molar-refractivity contribution in [3.8, 4) is 0 Å². The van der Waals surface area contributed by atoms with Gasteiger partial charge in [-0.1, -0.05) is 25.7 Å². The summed E-state index contributed by atoms with van der Waals surface area (Å²) in [6, 6.07) is 1.99. The minimum atomic E-state index is 0. The molecular formula is C14H26ClN. The number of nitrogens with zero attached hydrogens (tertiary/aromatic N) is 1. The van der Waals surface area contributed by atoms with Crippen LogP contribution in [-0.2, 0) is 0 Å². The molecule has 2 saturated heterocycles. The first-order valence-corrected chi connectivity index (χ1v) is 7.21. The van der Waals surface area contributed by atoms with Crippen molar-refractivity contribution < 1.29 is 0 Å². The van der Waals surface area contributed by atoms with Gasteiger partial charge in [-0.15, -0.1) is 12.4 Å². The Bertz CT molecular complexity index is 213. The summed E-state index contributed by atoms with van der Waals surface area (Å²) < 4.78 is 0. The van der Waals surface area contributed by atoms with Gasteiger partial charge in [0.05, 0.1) is 0 Å². The second kappa shape index (κ2) is 5.73. The van der Waals surface area contributed by atoms with Gasteiger partial charge in [0.2, 0.25) is 0 Å². The highest BCUT2D eigenvalue weighted by Gasteiger charge is 2.38. The van der Waals surface area contributed by atoms with E-state index in [9.17, 15) is 0 Å². The number of hydrogen-bond donors (Lipinski definition) is 0. The lowest BCUT2D eigenvalue weighted by atomic mass is 9.83. The quantitative estimate of drug-likeness (QED) is 0.673. The van der Waals surface area contributed by atoms with Crippen LogP contribution in [0.2, 0.25) is 0 Å². The van der Waals surface area contributed by atoms with Gasteiger partial charge in [0.15, 0.2) is 0 Å². The van der Waals surface area contributed by atoms with Crippen molar-refractivity contribution >= 4 is 12.4 Å². The van der Waals surface area contributed by atoms with Gasteiger partial charge in [-0.2, -0.15) is 0 Å². The van der Waals surface area contributed by atoms with Crippen LogP contribution in [0.1, 0.15) is 64.2 Å². The van der Waals surface area contributed by atoms with Gasteiger partial charge in [0.1, 0.15) is 0 Å². The number of hydrogen-bond acceptors (Lipinski definition) is 1. The molecule has 2 heterocycles. The highest BCUT2D eigenvalue weighted by Crippen LogP contribution is 2.39. The third-order valence-corrected chi connectivity index (χ3v) is 5.09. The van der Waals surface area contributed by atoms with Crippen LogP contribution < -0.4 is 0 Å². The number of fused-ring (bicyclic) bond motifs is 1. The fourth-order valence-corrected chi connectivity index (χ4v) is 4.32. The van der Waals surface area contributed by atoms with Crippen molar-refractivity contribution in [3.63, 3.8) is 0 Å². The van der Waals surface area contributed by atoms with Gasteiger partial charge < -0.3 is 0 Å². The van der Waals surface area contributed by atoms with Crippen molar-refractivity contribution in [1.29, 1.82) is 0 Å². The molecule has 0 aromatic heterocycles. The first-order chi connectivity index (χ1) is 7.45. The van der Waals surface area contributed by atoms with E-state index in [-0.39, 0.29) is 12.4 Å². The second-order valence-corrected chi connectivity index (χ2v) is 5.93. The molecule has 0 N–H and O–H groups in total. The molecule has 2 atom stereocenters. The van der Waals surface area contributed by atoms with Gasteiger partial charge in [-0.05, 0) is 51.0 Å². The lowest BCUT2D eigenvalue weighted by molar-refractivity contribution is 0.0977. The summed E-state index contributed by atoms with van der Waals surface area (Å²) >= 11 is 0. The van der Waals surface area contributed by atoms with Gasteiger partial charge in [-0.3, -0.25) is 4.90 Å². The van der Waals surface area contributed by atoms with E-state index in [1.54, 1.807) is 0 Å². The molecule has 3 fully saturated rings. The summed E-state index contributed by atoms with van der Waals surface area (Å²) in [5.74, 6) is 1.07. The summed E-state index contributed by atoms with van der Waals surface area (Å²) in [5.41, 5.74) is 0. The maximum atomic E-state index is 2.90. The van der Waals surface area contributed by atoms with Crippen LogP contribution in [0, 0.1) is 5.92 Å². The smallest absolute Gasteiger partial charge is 0.0127 e. The van der Waals surface area contributed by atoms with Crippen LogP contribution in [0.3, 0.4) is 0 Å². The topological polar surface area (TPSA) is 3.24 Å². The van der Waals surface area contributed by atoms with Gasteiger partial charge in [0, 0.05) is 12.1 Å².